The third-order valence-electron chi connectivity index (χ3n) is 4.79. The smallest absolute Gasteiger partial charge is 0.372 e. The van der Waals surface area contributed by atoms with E-state index < -0.39 is 17.7 Å². The molecule has 0 spiro atoms. The molecule has 0 aliphatic rings. The number of carboxylic acid groups (broad SMARTS) is 1. The van der Waals surface area contributed by atoms with E-state index >= 15 is 0 Å². The highest BCUT2D eigenvalue weighted by Gasteiger charge is 2.14. The van der Waals surface area contributed by atoms with Gasteiger partial charge in [0.25, 0.3) is 0 Å². The summed E-state index contributed by atoms with van der Waals surface area (Å²) in [5.41, 5.74) is 0. The first-order valence-electron chi connectivity index (χ1n) is 13.0. The molecule has 212 valence electrons. The highest BCUT2D eigenvalue weighted by Crippen LogP contribution is 2.04. The Bertz CT molecular complexity index is 528. The van der Waals surface area contributed by atoms with E-state index in [1.165, 1.54) is 32.1 Å². The molecule has 0 fully saturated rings. The maximum absolute atomic E-state index is 11.3. The van der Waals surface area contributed by atoms with E-state index in [1.807, 2.05) is 0 Å². The van der Waals surface area contributed by atoms with Crippen LogP contribution in [0.5, 0.6) is 0 Å². The molecule has 0 radical (unpaired) electrons. The van der Waals surface area contributed by atoms with E-state index in [0.717, 1.165) is 13.0 Å². The summed E-state index contributed by atoms with van der Waals surface area (Å²) in [6, 6.07) is 0. The molecule has 0 atom stereocenters. The number of hydrogen-bond donors (Lipinski definition) is 1. The van der Waals surface area contributed by atoms with E-state index in [0.29, 0.717) is 66.1 Å². The van der Waals surface area contributed by atoms with Gasteiger partial charge in [0.1, 0.15) is 6.61 Å². The summed E-state index contributed by atoms with van der Waals surface area (Å²) in [7, 11) is 0. The second-order valence-electron chi connectivity index (χ2n) is 7.89. The summed E-state index contributed by atoms with van der Waals surface area (Å²) < 4.78 is 37.3. The quantitative estimate of drug-likeness (QED) is 0.0881. The van der Waals surface area contributed by atoms with Gasteiger partial charge in [0.2, 0.25) is 5.78 Å². The zero-order chi connectivity index (χ0) is 26.5. The lowest BCUT2D eigenvalue weighted by molar-refractivity contribution is -0.151. The number of carbonyl (C=O) groups is 3. The molecule has 0 aromatic rings. The van der Waals surface area contributed by atoms with Crippen molar-refractivity contribution in [3.63, 3.8) is 0 Å². The first kappa shape index (κ1) is 34.4. The number of unbranched alkanes of at least 4 members (excludes halogenated alkanes) is 5. The van der Waals surface area contributed by atoms with Gasteiger partial charge >= 0.3 is 11.9 Å². The number of ether oxygens (including phenoxy) is 7. The first-order chi connectivity index (χ1) is 17.6. The highest BCUT2D eigenvalue weighted by atomic mass is 16.6. The minimum Gasteiger partial charge on any atom is -0.476 e. The number of esters is 1. The molecule has 0 saturated heterocycles. The number of carbonyl (C=O) groups excluding carboxylic acids is 2. The Morgan fingerprint density at radius 2 is 0.889 bits per heavy atom. The molecule has 0 aliphatic carbocycles. The van der Waals surface area contributed by atoms with Crippen LogP contribution in [0.2, 0.25) is 0 Å². The van der Waals surface area contributed by atoms with E-state index in [2.05, 4.69) is 6.92 Å². The minimum absolute atomic E-state index is 0.0290. The number of hydrogen-bond acceptors (Lipinski definition) is 10. The Kier molecular flexibility index (Phi) is 26.7. The van der Waals surface area contributed by atoms with Gasteiger partial charge in [-0.3, -0.25) is 9.59 Å². The molecular weight excluding hydrogens is 476 g/mol. The SMILES string of the molecule is CCCCCCCCOCCOCCOCCOCCOCCOCCOC(=O)CCC(=O)C(=O)O. The van der Waals surface area contributed by atoms with Crippen molar-refractivity contribution >= 4 is 17.7 Å². The minimum atomic E-state index is -1.55. The highest BCUT2D eigenvalue weighted by molar-refractivity contribution is 6.32. The van der Waals surface area contributed by atoms with Gasteiger partial charge in [-0.15, -0.1) is 0 Å². The van der Waals surface area contributed by atoms with Gasteiger partial charge in [-0.05, 0) is 6.42 Å². The average Bonchev–Trinajstić information content (AvgIpc) is 2.87. The van der Waals surface area contributed by atoms with Crippen LogP contribution < -0.4 is 0 Å². The van der Waals surface area contributed by atoms with Crippen LogP contribution >= 0.6 is 0 Å². The number of carboxylic acids is 1. The lowest BCUT2D eigenvalue weighted by atomic mass is 10.1. The van der Waals surface area contributed by atoms with Crippen LogP contribution in [0.3, 0.4) is 0 Å². The Morgan fingerprint density at radius 3 is 1.33 bits per heavy atom. The molecule has 1 N–H and O–H groups in total. The van der Waals surface area contributed by atoms with Crippen molar-refractivity contribution in [1.82, 2.24) is 0 Å². The van der Waals surface area contributed by atoms with Crippen LogP contribution in [-0.4, -0.2) is 109 Å². The molecule has 0 aromatic carbocycles. The molecule has 0 rings (SSSR count). The summed E-state index contributed by atoms with van der Waals surface area (Å²) >= 11 is 0. The molecule has 0 aromatic heterocycles. The molecule has 0 aliphatic heterocycles. The fraction of sp³-hybridized carbons (Fsp3) is 0.880. The Hall–Kier alpha value is -1.63. The van der Waals surface area contributed by atoms with E-state index in [4.69, 9.17) is 38.3 Å². The average molecular weight is 523 g/mol. The summed E-state index contributed by atoms with van der Waals surface area (Å²) in [5.74, 6) is -3.21. The van der Waals surface area contributed by atoms with Crippen LogP contribution in [-0.2, 0) is 47.5 Å². The van der Waals surface area contributed by atoms with Gasteiger partial charge in [-0.1, -0.05) is 39.0 Å². The Morgan fingerprint density at radius 1 is 0.500 bits per heavy atom. The predicted octanol–water partition coefficient (Wildman–Crippen LogP) is 2.42. The Balaban J connectivity index is 3.14. The van der Waals surface area contributed by atoms with E-state index in [1.54, 1.807) is 0 Å². The van der Waals surface area contributed by atoms with Crippen LogP contribution in [0.1, 0.15) is 58.3 Å². The predicted molar refractivity (Wildman–Crippen MR) is 131 cm³/mol. The maximum atomic E-state index is 11.3. The van der Waals surface area contributed by atoms with Crippen LogP contribution in [0, 0.1) is 0 Å². The third kappa shape index (κ3) is 27.0. The molecule has 0 amide bonds. The summed E-state index contributed by atoms with van der Waals surface area (Å²) in [6.45, 7) is 8.05. The lowest BCUT2D eigenvalue weighted by Crippen LogP contribution is -2.17. The number of Topliss-reactive ketones (excluding diaryl/α,β-unsaturated/α-hetero) is 1. The topological polar surface area (TPSA) is 136 Å². The monoisotopic (exact) mass is 522 g/mol. The standard InChI is InChI=1S/C25H46O11/c1-2-3-4-5-6-7-10-30-11-12-31-13-14-32-15-16-33-17-18-34-19-20-35-21-22-36-24(27)9-8-23(26)25(28)29/h2-22H2,1H3,(H,28,29). The Labute approximate surface area is 215 Å². The second kappa shape index (κ2) is 27.9. The van der Waals surface area contributed by atoms with Crippen molar-refractivity contribution in [3.05, 3.63) is 0 Å². The van der Waals surface area contributed by atoms with E-state index in [9.17, 15) is 14.4 Å². The maximum Gasteiger partial charge on any atom is 0.372 e. The van der Waals surface area contributed by atoms with Gasteiger partial charge in [0, 0.05) is 13.0 Å². The number of rotatable bonds is 29. The number of ketones is 1. The first-order valence-corrected chi connectivity index (χ1v) is 13.0. The van der Waals surface area contributed by atoms with Gasteiger partial charge in [0.05, 0.1) is 79.1 Å². The zero-order valence-electron chi connectivity index (χ0n) is 21.9. The molecule has 11 nitrogen and oxygen atoms in total. The largest absolute Gasteiger partial charge is 0.476 e. The molecule has 0 heterocycles. The molecule has 0 bridgehead atoms. The second-order valence-corrected chi connectivity index (χ2v) is 7.89. The van der Waals surface area contributed by atoms with Crippen molar-refractivity contribution in [1.29, 1.82) is 0 Å². The lowest BCUT2D eigenvalue weighted by Gasteiger charge is -2.08. The summed E-state index contributed by atoms with van der Waals surface area (Å²) in [6.07, 6.45) is 6.95. The van der Waals surface area contributed by atoms with Crippen molar-refractivity contribution in [2.45, 2.75) is 58.3 Å². The van der Waals surface area contributed by atoms with Gasteiger partial charge in [-0.2, -0.15) is 0 Å². The number of aliphatic carboxylic acids is 1. The van der Waals surface area contributed by atoms with Gasteiger partial charge in [-0.25, -0.2) is 4.79 Å². The van der Waals surface area contributed by atoms with Crippen molar-refractivity contribution in [2.75, 3.05) is 85.9 Å². The summed E-state index contributed by atoms with van der Waals surface area (Å²) in [4.78, 5) is 32.5. The van der Waals surface area contributed by atoms with Gasteiger partial charge < -0.3 is 38.3 Å². The van der Waals surface area contributed by atoms with Crippen LogP contribution in [0.4, 0.5) is 0 Å². The fourth-order valence-electron chi connectivity index (χ4n) is 2.80. The molecule has 0 unspecified atom stereocenters. The normalized spacial score (nSPS) is 11.0. The zero-order valence-corrected chi connectivity index (χ0v) is 21.9. The summed E-state index contributed by atoms with van der Waals surface area (Å²) in [5, 5.41) is 8.42. The van der Waals surface area contributed by atoms with Gasteiger partial charge in [0.15, 0.2) is 0 Å². The fourth-order valence-corrected chi connectivity index (χ4v) is 2.80. The van der Waals surface area contributed by atoms with Crippen LogP contribution in [0.15, 0.2) is 0 Å². The van der Waals surface area contributed by atoms with Crippen molar-refractivity contribution in [3.8, 4) is 0 Å². The molecule has 11 heteroatoms. The molecule has 36 heavy (non-hydrogen) atoms. The van der Waals surface area contributed by atoms with Crippen molar-refractivity contribution < 1.29 is 52.6 Å². The van der Waals surface area contributed by atoms with Crippen molar-refractivity contribution in [2.24, 2.45) is 0 Å². The third-order valence-corrected chi connectivity index (χ3v) is 4.79. The van der Waals surface area contributed by atoms with Crippen LogP contribution in [0.25, 0.3) is 0 Å². The molecule has 0 saturated carbocycles. The molecular formula is C25H46O11. The van der Waals surface area contributed by atoms with E-state index in [-0.39, 0.29) is 26.1 Å².